The molecule has 1 saturated heterocycles. The van der Waals surface area contributed by atoms with Crippen LogP contribution in [0.25, 0.3) is 6.08 Å². The van der Waals surface area contributed by atoms with Crippen LogP contribution in [-0.4, -0.2) is 23.0 Å². The van der Waals surface area contributed by atoms with Crippen LogP contribution in [0.5, 0.6) is 5.75 Å². The molecule has 0 atom stereocenters. The standard InChI is InChI=1S/C17H10ClFN2O4/c18-13-7-9(4-5-14(13)22)6-12-15(23)20-17(25)21(16(12)24)11-3-1-2-10(19)8-11/h1-8,22H,(H,20,23,25)/b12-6-. The SMILES string of the molecule is O=C1NC(=O)N(c2cccc(F)c2)C(=O)/C1=C\c1ccc(O)c(Cl)c1. The molecule has 8 heteroatoms. The lowest BCUT2D eigenvalue weighted by atomic mass is 10.1. The summed E-state index contributed by atoms with van der Waals surface area (Å²) < 4.78 is 13.4. The Hall–Kier alpha value is -3.19. The number of nitrogens with zero attached hydrogens (tertiary/aromatic N) is 1. The van der Waals surface area contributed by atoms with Crippen LogP contribution in [0.2, 0.25) is 5.02 Å². The zero-order chi connectivity index (χ0) is 18.1. The van der Waals surface area contributed by atoms with E-state index in [2.05, 4.69) is 0 Å². The highest BCUT2D eigenvalue weighted by Gasteiger charge is 2.36. The number of amides is 4. The lowest BCUT2D eigenvalue weighted by molar-refractivity contribution is -0.122. The summed E-state index contributed by atoms with van der Waals surface area (Å²) in [6.07, 6.45) is 1.22. The van der Waals surface area contributed by atoms with Gasteiger partial charge in [-0.2, -0.15) is 0 Å². The Morgan fingerprint density at radius 3 is 2.56 bits per heavy atom. The topological polar surface area (TPSA) is 86.7 Å². The molecule has 25 heavy (non-hydrogen) atoms. The van der Waals surface area contributed by atoms with Crippen molar-refractivity contribution in [1.29, 1.82) is 0 Å². The molecule has 1 aliphatic rings. The van der Waals surface area contributed by atoms with Crippen LogP contribution >= 0.6 is 11.6 Å². The molecule has 2 aromatic rings. The fourth-order valence-electron chi connectivity index (χ4n) is 2.29. The van der Waals surface area contributed by atoms with Gasteiger partial charge in [0.05, 0.1) is 10.7 Å². The van der Waals surface area contributed by atoms with Crippen molar-refractivity contribution in [2.75, 3.05) is 4.90 Å². The molecular weight excluding hydrogens is 351 g/mol. The van der Waals surface area contributed by atoms with Crippen molar-refractivity contribution in [2.24, 2.45) is 0 Å². The van der Waals surface area contributed by atoms with E-state index >= 15 is 0 Å². The number of hydrogen-bond donors (Lipinski definition) is 2. The zero-order valence-electron chi connectivity index (χ0n) is 12.5. The van der Waals surface area contributed by atoms with Gasteiger partial charge < -0.3 is 5.11 Å². The molecule has 1 heterocycles. The largest absolute Gasteiger partial charge is 0.506 e. The minimum absolute atomic E-state index is 0.00959. The smallest absolute Gasteiger partial charge is 0.335 e. The molecule has 2 aromatic carbocycles. The molecule has 1 fully saturated rings. The Labute approximate surface area is 146 Å². The van der Waals surface area contributed by atoms with E-state index in [1.807, 2.05) is 5.32 Å². The molecule has 0 bridgehead atoms. The highest BCUT2D eigenvalue weighted by molar-refractivity contribution is 6.39. The second kappa shape index (κ2) is 6.37. The van der Waals surface area contributed by atoms with Crippen molar-refractivity contribution >= 4 is 41.2 Å². The molecule has 0 spiro atoms. The number of phenolic OH excluding ortho intramolecular Hbond substituents is 1. The molecule has 0 aromatic heterocycles. The van der Waals surface area contributed by atoms with Crippen molar-refractivity contribution in [3.8, 4) is 5.75 Å². The van der Waals surface area contributed by atoms with Crippen molar-refractivity contribution in [3.63, 3.8) is 0 Å². The number of urea groups is 1. The summed E-state index contributed by atoms with van der Waals surface area (Å²) in [5.41, 5.74) is 0.0325. The number of rotatable bonds is 2. The summed E-state index contributed by atoms with van der Waals surface area (Å²) in [4.78, 5) is 37.3. The zero-order valence-corrected chi connectivity index (χ0v) is 13.2. The predicted octanol–water partition coefficient (Wildman–Crippen LogP) is 2.85. The first-order valence-electron chi connectivity index (χ1n) is 7.02. The number of phenols is 1. The van der Waals surface area contributed by atoms with Gasteiger partial charge in [-0.1, -0.05) is 23.7 Å². The fraction of sp³-hybridized carbons (Fsp3) is 0. The maximum absolute atomic E-state index is 13.4. The second-order valence-corrected chi connectivity index (χ2v) is 5.56. The molecule has 2 N–H and O–H groups in total. The van der Waals surface area contributed by atoms with Crippen molar-refractivity contribution < 1.29 is 23.9 Å². The number of halogens is 2. The Bertz CT molecular complexity index is 942. The molecule has 6 nitrogen and oxygen atoms in total. The lowest BCUT2D eigenvalue weighted by Gasteiger charge is -2.26. The van der Waals surface area contributed by atoms with Crippen LogP contribution in [-0.2, 0) is 9.59 Å². The van der Waals surface area contributed by atoms with Gasteiger partial charge in [0.15, 0.2) is 0 Å². The normalized spacial score (nSPS) is 16.3. The number of carbonyl (C=O) groups excluding carboxylic acids is 3. The van der Waals surface area contributed by atoms with E-state index in [0.29, 0.717) is 10.5 Å². The molecule has 0 aliphatic carbocycles. The van der Waals surface area contributed by atoms with Gasteiger partial charge in [0.2, 0.25) is 0 Å². The van der Waals surface area contributed by atoms with E-state index in [-0.39, 0.29) is 22.0 Å². The van der Waals surface area contributed by atoms with Gasteiger partial charge in [0, 0.05) is 0 Å². The molecule has 0 unspecified atom stereocenters. The highest BCUT2D eigenvalue weighted by atomic mass is 35.5. The second-order valence-electron chi connectivity index (χ2n) is 5.15. The van der Waals surface area contributed by atoms with Crippen LogP contribution in [0.1, 0.15) is 5.56 Å². The Morgan fingerprint density at radius 1 is 1.12 bits per heavy atom. The summed E-state index contributed by atoms with van der Waals surface area (Å²) in [5.74, 6) is -2.57. The third-order valence-electron chi connectivity index (χ3n) is 3.45. The molecule has 126 valence electrons. The fourth-order valence-corrected chi connectivity index (χ4v) is 2.48. The number of aromatic hydroxyl groups is 1. The third kappa shape index (κ3) is 3.22. The monoisotopic (exact) mass is 360 g/mol. The van der Waals surface area contributed by atoms with Crippen molar-refractivity contribution in [2.45, 2.75) is 0 Å². The molecule has 0 saturated carbocycles. The van der Waals surface area contributed by atoms with Crippen LogP contribution in [0, 0.1) is 5.82 Å². The van der Waals surface area contributed by atoms with Crippen LogP contribution < -0.4 is 10.2 Å². The van der Waals surface area contributed by atoms with E-state index in [9.17, 15) is 23.9 Å². The molecular formula is C17H10ClFN2O4. The van der Waals surface area contributed by atoms with Gasteiger partial charge in [-0.3, -0.25) is 14.9 Å². The quantitative estimate of drug-likeness (QED) is 0.637. The summed E-state index contributed by atoms with van der Waals surface area (Å²) in [6, 6.07) is 8.00. The maximum atomic E-state index is 13.4. The van der Waals surface area contributed by atoms with Gasteiger partial charge in [0.25, 0.3) is 11.8 Å². The van der Waals surface area contributed by atoms with Crippen LogP contribution in [0.15, 0.2) is 48.0 Å². The summed E-state index contributed by atoms with van der Waals surface area (Å²) >= 11 is 5.80. The lowest BCUT2D eigenvalue weighted by Crippen LogP contribution is -2.54. The number of nitrogens with one attached hydrogen (secondary N) is 1. The number of imide groups is 2. The Morgan fingerprint density at radius 2 is 1.88 bits per heavy atom. The van der Waals surface area contributed by atoms with E-state index in [0.717, 1.165) is 12.1 Å². The number of carbonyl (C=O) groups is 3. The first kappa shape index (κ1) is 16.7. The number of hydrogen-bond acceptors (Lipinski definition) is 4. The van der Waals surface area contributed by atoms with Crippen molar-refractivity contribution in [1.82, 2.24) is 5.32 Å². The Kier molecular flexibility index (Phi) is 4.24. The average Bonchev–Trinajstić information content (AvgIpc) is 2.54. The highest BCUT2D eigenvalue weighted by Crippen LogP contribution is 2.26. The van der Waals surface area contributed by atoms with Gasteiger partial charge in [-0.05, 0) is 42.0 Å². The van der Waals surface area contributed by atoms with Crippen molar-refractivity contribution in [3.05, 3.63) is 64.4 Å². The van der Waals surface area contributed by atoms with E-state index in [4.69, 9.17) is 11.6 Å². The van der Waals surface area contributed by atoms with E-state index in [1.54, 1.807) is 0 Å². The van der Waals surface area contributed by atoms with Gasteiger partial charge in [-0.25, -0.2) is 14.1 Å². The Balaban J connectivity index is 2.03. The van der Waals surface area contributed by atoms with E-state index < -0.39 is 23.7 Å². The summed E-state index contributed by atoms with van der Waals surface area (Å²) in [6.45, 7) is 0. The molecule has 1 aliphatic heterocycles. The summed E-state index contributed by atoms with van der Waals surface area (Å²) in [5, 5.41) is 11.5. The molecule has 3 rings (SSSR count). The number of anilines is 1. The van der Waals surface area contributed by atoms with E-state index in [1.165, 1.54) is 36.4 Å². The number of benzene rings is 2. The minimum Gasteiger partial charge on any atom is -0.506 e. The van der Waals surface area contributed by atoms with Gasteiger partial charge in [0.1, 0.15) is 17.1 Å². The number of barbiturate groups is 1. The molecule has 0 radical (unpaired) electrons. The van der Waals surface area contributed by atoms with Gasteiger partial charge >= 0.3 is 6.03 Å². The van der Waals surface area contributed by atoms with Crippen LogP contribution in [0.4, 0.5) is 14.9 Å². The average molecular weight is 361 g/mol. The minimum atomic E-state index is -0.971. The van der Waals surface area contributed by atoms with Gasteiger partial charge in [-0.15, -0.1) is 0 Å². The summed E-state index contributed by atoms with van der Waals surface area (Å²) in [7, 11) is 0. The van der Waals surface area contributed by atoms with Crippen LogP contribution in [0.3, 0.4) is 0 Å². The first-order chi connectivity index (χ1) is 11.9. The maximum Gasteiger partial charge on any atom is 0.335 e. The third-order valence-corrected chi connectivity index (χ3v) is 3.75. The molecule has 4 amide bonds. The first-order valence-corrected chi connectivity index (χ1v) is 7.40. The predicted molar refractivity (Wildman–Crippen MR) is 88.5 cm³/mol.